The van der Waals surface area contributed by atoms with Crippen molar-refractivity contribution >= 4 is 0 Å². The minimum absolute atomic E-state index is 0.255. The van der Waals surface area contributed by atoms with Gasteiger partial charge in [-0.1, -0.05) is 12.1 Å². The van der Waals surface area contributed by atoms with Crippen molar-refractivity contribution in [3.63, 3.8) is 0 Å². The molecule has 0 saturated carbocycles. The van der Waals surface area contributed by atoms with Crippen LogP contribution in [-0.4, -0.2) is 10.1 Å². The normalized spacial score (nSPS) is 11.6. The van der Waals surface area contributed by atoms with Gasteiger partial charge in [-0.2, -0.15) is 13.2 Å². The zero-order chi connectivity index (χ0) is 14.0. The van der Waals surface area contributed by atoms with Crippen LogP contribution in [-0.2, 0) is 12.8 Å². The van der Waals surface area contributed by atoms with Crippen LogP contribution in [0.15, 0.2) is 41.2 Å². The van der Waals surface area contributed by atoms with Gasteiger partial charge in [0.05, 0.1) is 12.2 Å². The highest BCUT2D eigenvalue weighted by atomic mass is 19.4. The molecular weight excluding hydrogens is 259 g/mol. The molecule has 0 aliphatic heterocycles. The second kappa shape index (κ2) is 4.89. The minimum atomic E-state index is -4.40. The molecular formula is C13H10F3NO2. The Bertz CT molecular complexity index is 630. The molecule has 1 aromatic carbocycles. The molecule has 3 nitrogen and oxygen atoms in total. The Hall–Kier alpha value is -2.08. The lowest BCUT2D eigenvalue weighted by atomic mass is 10.0. The number of aromatic nitrogens is 1. The van der Waals surface area contributed by atoms with Crippen molar-refractivity contribution in [3.8, 4) is 11.1 Å². The molecule has 2 N–H and O–H groups in total. The smallest absolute Gasteiger partial charge is 0.390 e. The summed E-state index contributed by atoms with van der Waals surface area (Å²) in [7, 11) is 0. The highest BCUT2D eigenvalue weighted by Gasteiger charge is 2.30. The summed E-state index contributed by atoms with van der Waals surface area (Å²) in [6.07, 6.45) is -4.40. The number of H-pyrrole nitrogens is 1. The molecule has 100 valence electrons. The molecule has 2 rings (SSSR count). The van der Waals surface area contributed by atoms with Crippen molar-refractivity contribution < 1.29 is 18.3 Å². The Morgan fingerprint density at radius 3 is 2.16 bits per heavy atom. The van der Waals surface area contributed by atoms with E-state index in [0.29, 0.717) is 11.3 Å². The van der Waals surface area contributed by atoms with E-state index in [0.717, 1.165) is 12.1 Å². The monoisotopic (exact) mass is 269 g/mol. The van der Waals surface area contributed by atoms with Gasteiger partial charge in [-0.25, -0.2) is 0 Å². The first-order chi connectivity index (χ1) is 8.91. The number of benzene rings is 1. The third-order valence-corrected chi connectivity index (χ3v) is 2.66. The molecule has 1 aromatic heterocycles. The number of pyridine rings is 1. The summed E-state index contributed by atoms with van der Waals surface area (Å²) in [6, 6.07) is 7.31. The van der Waals surface area contributed by atoms with E-state index >= 15 is 0 Å². The molecule has 0 amide bonds. The van der Waals surface area contributed by atoms with Crippen LogP contribution in [0.25, 0.3) is 11.1 Å². The van der Waals surface area contributed by atoms with Crippen LogP contribution in [0.2, 0.25) is 0 Å². The average molecular weight is 269 g/mol. The molecule has 2 aromatic rings. The number of aromatic amines is 1. The first-order valence-corrected chi connectivity index (χ1v) is 5.42. The fourth-order valence-corrected chi connectivity index (χ4v) is 1.67. The number of aliphatic hydroxyl groups excluding tert-OH is 1. The maximum absolute atomic E-state index is 12.4. The number of hydrogen-bond donors (Lipinski definition) is 2. The van der Waals surface area contributed by atoms with Gasteiger partial charge < -0.3 is 10.1 Å². The Balaban J connectivity index is 2.40. The van der Waals surface area contributed by atoms with Gasteiger partial charge in [0.25, 0.3) is 5.56 Å². The Morgan fingerprint density at radius 2 is 1.68 bits per heavy atom. The molecule has 0 fully saturated rings. The number of halogens is 3. The second-order valence-corrected chi connectivity index (χ2v) is 3.96. The van der Waals surface area contributed by atoms with Crippen LogP contribution in [0, 0.1) is 0 Å². The molecule has 19 heavy (non-hydrogen) atoms. The molecule has 0 atom stereocenters. The van der Waals surface area contributed by atoms with Crippen LogP contribution in [0.5, 0.6) is 0 Å². The Morgan fingerprint density at radius 1 is 1.05 bits per heavy atom. The van der Waals surface area contributed by atoms with E-state index in [9.17, 15) is 18.0 Å². The van der Waals surface area contributed by atoms with Crippen LogP contribution in [0.4, 0.5) is 13.2 Å². The predicted molar refractivity (Wildman–Crippen MR) is 63.4 cm³/mol. The van der Waals surface area contributed by atoms with Gasteiger partial charge in [0.15, 0.2) is 0 Å². The molecule has 0 saturated heterocycles. The third kappa shape index (κ3) is 2.85. The number of aliphatic hydroxyl groups is 1. The number of alkyl halides is 3. The van der Waals surface area contributed by atoms with Gasteiger partial charge in [0, 0.05) is 11.3 Å². The van der Waals surface area contributed by atoms with Crippen molar-refractivity contribution in [2.45, 2.75) is 12.8 Å². The summed E-state index contributed by atoms with van der Waals surface area (Å²) < 4.78 is 37.2. The fraction of sp³-hybridized carbons (Fsp3) is 0.154. The number of rotatable bonds is 2. The van der Waals surface area contributed by atoms with Gasteiger partial charge in [-0.05, 0) is 29.8 Å². The lowest BCUT2D eigenvalue weighted by Crippen LogP contribution is -2.11. The zero-order valence-corrected chi connectivity index (χ0v) is 9.66. The summed E-state index contributed by atoms with van der Waals surface area (Å²) in [5, 5.41) is 8.85. The van der Waals surface area contributed by atoms with Gasteiger partial charge in [-0.15, -0.1) is 0 Å². The first kappa shape index (κ1) is 13.4. The maximum Gasteiger partial charge on any atom is 0.416 e. The molecule has 1 heterocycles. The Labute approximate surface area is 106 Å². The van der Waals surface area contributed by atoms with E-state index in [2.05, 4.69) is 4.98 Å². The standard InChI is InChI=1S/C13H10F3NO2/c14-13(15,16)9-3-1-8(2-4-9)11-6-5-10(7-18)17-12(11)19/h1-6,18H,7H2,(H,17,19). The highest BCUT2D eigenvalue weighted by Crippen LogP contribution is 2.30. The van der Waals surface area contributed by atoms with Gasteiger partial charge >= 0.3 is 6.18 Å². The molecule has 0 aliphatic carbocycles. The first-order valence-electron chi connectivity index (χ1n) is 5.42. The summed E-state index contributed by atoms with van der Waals surface area (Å²) >= 11 is 0. The van der Waals surface area contributed by atoms with E-state index < -0.39 is 17.3 Å². The van der Waals surface area contributed by atoms with Gasteiger partial charge in [0.2, 0.25) is 0 Å². The van der Waals surface area contributed by atoms with Crippen molar-refractivity contribution in [1.82, 2.24) is 4.98 Å². The fourth-order valence-electron chi connectivity index (χ4n) is 1.67. The molecule has 0 radical (unpaired) electrons. The SMILES string of the molecule is O=c1[nH]c(CO)ccc1-c1ccc(C(F)(F)F)cc1. The lowest BCUT2D eigenvalue weighted by Gasteiger charge is -2.07. The van der Waals surface area contributed by atoms with Gasteiger partial charge in [0.1, 0.15) is 0 Å². The quantitative estimate of drug-likeness (QED) is 0.880. The van der Waals surface area contributed by atoms with Crippen molar-refractivity contribution in [1.29, 1.82) is 0 Å². The average Bonchev–Trinajstić information content (AvgIpc) is 2.37. The van der Waals surface area contributed by atoms with E-state index in [1.165, 1.54) is 24.3 Å². The van der Waals surface area contributed by atoms with Crippen LogP contribution < -0.4 is 5.56 Å². The van der Waals surface area contributed by atoms with Crippen molar-refractivity contribution in [3.05, 3.63) is 58.0 Å². The molecule has 0 spiro atoms. The van der Waals surface area contributed by atoms with Crippen LogP contribution in [0.3, 0.4) is 0 Å². The molecule has 0 bridgehead atoms. The topological polar surface area (TPSA) is 53.1 Å². The van der Waals surface area contributed by atoms with Gasteiger partial charge in [-0.3, -0.25) is 4.79 Å². The summed E-state index contributed by atoms with van der Waals surface area (Å²) in [5.41, 5.74) is -0.226. The van der Waals surface area contributed by atoms with E-state index in [-0.39, 0.29) is 12.2 Å². The molecule has 6 heteroatoms. The summed E-state index contributed by atoms with van der Waals surface area (Å²) in [6.45, 7) is -0.303. The highest BCUT2D eigenvalue weighted by molar-refractivity contribution is 5.62. The van der Waals surface area contributed by atoms with Crippen molar-refractivity contribution in [2.24, 2.45) is 0 Å². The van der Waals surface area contributed by atoms with E-state index in [1.807, 2.05) is 0 Å². The van der Waals surface area contributed by atoms with E-state index in [1.54, 1.807) is 0 Å². The third-order valence-electron chi connectivity index (χ3n) is 2.66. The number of hydrogen-bond acceptors (Lipinski definition) is 2. The summed E-state index contributed by atoms with van der Waals surface area (Å²) in [5.74, 6) is 0. The largest absolute Gasteiger partial charge is 0.416 e. The second-order valence-electron chi connectivity index (χ2n) is 3.96. The number of nitrogens with one attached hydrogen (secondary N) is 1. The minimum Gasteiger partial charge on any atom is -0.390 e. The predicted octanol–water partition coefficient (Wildman–Crippen LogP) is 2.55. The van der Waals surface area contributed by atoms with Crippen molar-refractivity contribution in [2.75, 3.05) is 0 Å². The summed E-state index contributed by atoms with van der Waals surface area (Å²) in [4.78, 5) is 14.1. The van der Waals surface area contributed by atoms with E-state index in [4.69, 9.17) is 5.11 Å². The molecule has 0 unspecified atom stereocenters. The maximum atomic E-state index is 12.4. The molecule has 0 aliphatic rings. The van der Waals surface area contributed by atoms with Crippen LogP contribution in [0.1, 0.15) is 11.3 Å². The Kier molecular flexibility index (Phi) is 3.44. The zero-order valence-electron chi connectivity index (χ0n) is 9.66. The lowest BCUT2D eigenvalue weighted by molar-refractivity contribution is -0.137. The van der Waals surface area contributed by atoms with Crippen LogP contribution >= 0.6 is 0 Å².